The minimum atomic E-state index is 0.0876. The Labute approximate surface area is 388 Å². The molecular weight excluding hydrogens is 765 g/mol. The second-order valence-electron chi connectivity index (χ2n) is 19.8. The fraction of sp³-hybridized carbons (Fsp3) is 0.964. The highest BCUT2D eigenvalue weighted by molar-refractivity contribution is 5.72. The van der Waals surface area contributed by atoms with E-state index >= 15 is 0 Å². The molecule has 1 saturated heterocycles. The molecule has 0 aromatic rings. The number of ether oxygens (including phenoxy) is 1. The van der Waals surface area contributed by atoms with Crippen LogP contribution in [-0.4, -0.2) is 67.2 Å². The van der Waals surface area contributed by atoms with Gasteiger partial charge in [0, 0.05) is 31.8 Å². The van der Waals surface area contributed by atoms with E-state index in [0.29, 0.717) is 25.3 Å². The van der Waals surface area contributed by atoms with Crippen LogP contribution in [0.4, 0.5) is 0 Å². The first-order chi connectivity index (χ1) is 30.5. The van der Waals surface area contributed by atoms with Crippen LogP contribution in [0.25, 0.3) is 0 Å². The van der Waals surface area contributed by atoms with Crippen LogP contribution in [0.5, 0.6) is 0 Å². The molecule has 1 rings (SSSR count). The number of aliphatic hydroxyl groups is 1. The Balaban J connectivity index is 0.0000120. The van der Waals surface area contributed by atoms with E-state index in [-0.39, 0.29) is 11.9 Å². The van der Waals surface area contributed by atoms with Crippen molar-refractivity contribution in [1.82, 2.24) is 10.2 Å². The number of hydrogen-bond acceptors (Lipinski definition) is 6. The van der Waals surface area contributed by atoms with Gasteiger partial charge in [0.15, 0.2) is 0 Å². The molecule has 0 amide bonds. The van der Waals surface area contributed by atoms with Gasteiger partial charge in [0.2, 0.25) is 0 Å². The van der Waals surface area contributed by atoms with E-state index in [2.05, 4.69) is 37.9 Å². The lowest BCUT2D eigenvalue weighted by Crippen LogP contribution is -2.56. The molecule has 0 aromatic heterocycles. The van der Waals surface area contributed by atoms with E-state index in [4.69, 9.17) is 9.53 Å². The van der Waals surface area contributed by atoms with Crippen molar-refractivity contribution in [3.8, 4) is 0 Å². The molecule has 4 unspecified atom stereocenters. The number of esters is 1. The molecule has 0 radical (unpaired) electrons. The maximum atomic E-state index is 13.0. The second kappa shape index (κ2) is 49.5. The monoisotopic (exact) mass is 877 g/mol. The molecule has 1 aliphatic rings. The molecule has 1 fully saturated rings. The zero-order valence-corrected chi connectivity index (χ0v) is 42.8. The van der Waals surface area contributed by atoms with Gasteiger partial charge >= 0.3 is 5.97 Å². The number of carbonyl (C=O) groups excluding carboxylic acids is 2. The SMILES string of the molecule is CC=O.CCCCCCCCC(CCCCCC)CCCCCCCC1CN(CCCCCO)CC(CCCCCCCOC(=O)C(CCCCCC)CCCCCCCC)N1. The predicted octanol–water partition coefficient (Wildman–Crippen LogP) is 16.3. The van der Waals surface area contributed by atoms with Gasteiger partial charge in [-0.15, -0.1) is 0 Å². The van der Waals surface area contributed by atoms with Gasteiger partial charge in [-0.2, -0.15) is 0 Å². The van der Waals surface area contributed by atoms with Gasteiger partial charge in [-0.1, -0.05) is 233 Å². The summed E-state index contributed by atoms with van der Waals surface area (Å²) in [6.07, 6.45) is 53.1. The number of aldehydes is 1. The molecule has 0 aromatic carbocycles. The van der Waals surface area contributed by atoms with Gasteiger partial charge < -0.3 is 24.9 Å². The molecule has 6 heteroatoms. The normalized spacial score (nSPS) is 16.5. The first-order valence-electron chi connectivity index (χ1n) is 28.1. The Morgan fingerprint density at radius 2 is 0.887 bits per heavy atom. The lowest BCUT2D eigenvalue weighted by molar-refractivity contribution is -0.149. The topological polar surface area (TPSA) is 78.9 Å². The van der Waals surface area contributed by atoms with Crippen molar-refractivity contribution in [3.05, 3.63) is 0 Å². The van der Waals surface area contributed by atoms with Crippen molar-refractivity contribution in [2.45, 2.75) is 304 Å². The summed E-state index contributed by atoms with van der Waals surface area (Å²) in [6, 6.07) is 1.23. The summed E-state index contributed by atoms with van der Waals surface area (Å²) in [4.78, 5) is 24.6. The van der Waals surface area contributed by atoms with Gasteiger partial charge in [0.1, 0.15) is 6.29 Å². The number of rotatable bonds is 46. The molecule has 0 bridgehead atoms. The van der Waals surface area contributed by atoms with E-state index in [1.54, 1.807) is 0 Å². The third-order valence-corrected chi connectivity index (χ3v) is 13.7. The molecule has 6 nitrogen and oxygen atoms in total. The summed E-state index contributed by atoms with van der Waals surface area (Å²) >= 11 is 0. The fourth-order valence-corrected chi connectivity index (χ4v) is 9.84. The van der Waals surface area contributed by atoms with E-state index in [9.17, 15) is 9.90 Å². The Morgan fingerprint density at radius 3 is 1.32 bits per heavy atom. The quantitative estimate of drug-likeness (QED) is 0.0360. The van der Waals surface area contributed by atoms with Crippen molar-refractivity contribution in [2.24, 2.45) is 11.8 Å². The summed E-state index contributed by atoms with van der Waals surface area (Å²) in [5.74, 6) is 1.19. The number of aliphatic hydroxyl groups excluding tert-OH is 1. The first kappa shape index (κ1) is 61.0. The smallest absolute Gasteiger partial charge is 0.308 e. The maximum absolute atomic E-state index is 13.0. The van der Waals surface area contributed by atoms with Crippen LogP contribution in [0.1, 0.15) is 291 Å². The number of unbranched alkanes of at least 4 members (excludes halogenated alkanes) is 26. The molecule has 1 heterocycles. The van der Waals surface area contributed by atoms with Crippen LogP contribution in [0.15, 0.2) is 0 Å². The second-order valence-corrected chi connectivity index (χ2v) is 19.8. The van der Waals surface area contributed by atoms with Crippen molar-refractivity contribution >= 4 is 12.3 Å². The van der Waals surface area contributed by atoms with Crippen LogP contribution >= 0.6 is 0 Å². The zero-order valence-electron chi connectivity index (χ0n) is 42.8. The molecule has 1 aliphatic heterocycles. The third kappa shape index (κ3) is 40.5. The summed E-state index contributed by atoms with van der Waals surface area (Å²) in [7, 11) is 0. The molecule has 2 N–H and O–H groups in total. The van der Waals surface area contributed by atoms with Crippen molar-refractivity contribution < 1.29 is 19.4 Å². The van der Waals surface area contributed by atoms with Crippen molar-refractivity contribution in [3.63, 3.8) is 0 Å². The standard InChI is InChI=1S/C54H108N2O3.C2H4O/c1-5-9-13-17-21-29-39-50(38-28-15-11-7-3)40-30-22-19-24-33-43-52-48-56(45-35-27-36-46-57)49-53(55-52)44-34-25-20-26-37-47-59-54(58)51(41-31-16-12-8-4)42-32-23-18-14-10-6-2;1-2-3/h50-53,55,57H,5-49H2,1-4H3;2H,1H3. The minimum absolute atomic E-state index is 0.0876. The lowest BCUT2D eigenvalue weighted by Gasteiger charge is -2.39. The fourth-order valence-electron chi connectivity index (χ4n) is 9.84. The van der Waals surface area contributed by atoms with E-state index in [1.807, 2.05) is 0 Å². The van der Waals surface area contributed by atoms with Crippen LogP contribution in [-0.2, 0) is 14.3 Å². The first-order valence-corrected chi connectivity index (χ1v) is 28.1. The van der Waals surface area contributed by atoms with E-state index in [1.165, 1.54) is 251 Å². The summed E-state index contributed by atoms with van der Waals surface area (Å²) in [6.45, 7) is 15.1. The molecule has 0 aliphatic carbocycles. The molecule has 370 valence electrons. The Hall–Kier alpha value is -0.980. The average Bonchev–Trinajstić information content (AvgIpc) is 3.27. The van der Waals surface area contributed by atoms with Crippen LogP contribution in [0.2, 0.25) is 0 Å². The van der Waals surface area contributed by atoms with Crippen molar-refractivity contribution in [1.29, 1.82) is 0 Å². The van der Waals surface area contributed by atoms with Crippen LogP contribution in [0.3, 0.4) is 0 Å². The highest BCUT2D eigenvalue weighted by Gasteiger charge is 2.25. The van der Waals surface area contributed by atoms with Crippen LogP contribution < -0.4 is 5.32 Å². The maximum Gasteiger partial charge on any atom is 0.308 e. The number of carbonyl (C=O) groups is 2. The van der Waals surface area contributed by atoms with Crippen LogP contribution in [0, 0.1) is 11.8 Å². The summed E-state index contributed by atoms with van der Waals surface area (Å²) < 4.78 is 5.87. The van der Waals surface area contributed by atoms with Gasteiger partial charge in [-0.3, -0.25) is 4.79 Å². The lowest BCUT2D eigenvalue weighted by atomic mass is 9.89. The molecule has 0 saturated carbocycles. The number of piperazine rings is 1. The van der Waals surface area contributed by atoms with E-state index in [0.717, 1.165) is 44.3 Å². The molecule has 62 heavy (non-hydrogen) atoms. The van der Waals surface area contributed by atoms with E-state index < -0.39 is 0 Å². The van der Waals surface area contributed by atoms with Gasteiger partial charge in [-0.25, -0.2) is 0 Å². The zero-order chi connectivity index (χ0) is 45.4. The molecule has 4 atom stereocenters. The number of nitrogens with zero attached hydrogens (tertiary/aromatic N) is 1. The van der Waals surface area contributed by atoms with Gasteiger partial charge in [-0.05, 0) is 70.8 Å². The molecule has 0 spiro atoms. The Morgan fingerprint density at radius 1 is 0.532 bits per heavy atom. The van der Waals surface area contributed by atoms with Gasteiger partial charge in [0.05, 0.1) is 12.5 Å². The molecular formula is C56H112N2O4. The predicted molar refractivity (Wildman–Crippen MR) is 271 cm³/mol. The largest absolute Gasteiger partial charge is 0.465 e. The summed E-state index contributed by atoms with van der Waals surface area (Å²) in [5, 5.41) is 13.4. The number of hydrogen-bond donors (Lipinski definition) is 2. The third-order valence-electron chi connectivity index (χ3n) is 13.7. The minimum Gasteiger partial charge on any atom is -0.465 e. The number of nitrogens with one attached hydrogen (secondary N) is 1. The van der Waals surface area contributed by atoms with Gasteiger partial charge in [0.25, 0.3) is 0 Å². The highest BCUT2D eigenvalue weighted by atomic mass is 16.5. The Bertz CT molecular complexity index is 901. The summed E-state index contributed by atoms with van der Waals surface area (Å²) in [5.41, 5.74) is 0. The Kier molecular flexibility index (Phi) is 48.7. The van der Waals surface area contributed by atoms with Crippen molar-refractivity contribution in [2.75, 3.05) is 32.8 Å². The highest BCUT2D eigenvalue weighted by Crippen LogP contribution is 2.26. The average molecular weight is 878 g/mol.